The van der Waals surface area contributed by atoms with Crippen LogP contribution in [0.2, 0.25) is 0 Å². The zero-order valence-electron chi connectivity index (χ0n) is 12.4. The predicted octanol–water partition coefficient (Wildman–Crippen LogP) is 4.06. The molecule has 0 amide bonds. The van der Waals surface area contributed by atoms with E-state index in [1.807, 2.05) is 0 Å². The minimum absolute atomic E-state index is 0.564. The third kappa shape index (κ3) is 4.87. The lowest BCUT2D eigenvalue weighted by Gasteiger charge is -2.19. The van der Waals surface area contributed by atoms with Crippen LogP contribution in [0.15, 0.2) is 24.3 Å². The first-order valence-electron chi connectivity index (χ1n) is 7.71. The van der Waals surface area contributed by atoms with Gasteiger partial charge in [-0.15, -0.1) is 0 Å². The minimum atomic E-state index is 0.564. The molecule has 1 aromatic carbocycles. The Bertz CT molecular complexity index is 367. The third-order valence-electron chi connectivity index (χ3n) is 3.90. The van der Waals surface area contributed by atoms with Crippen LogP contribution in [-0.4, -0.2) is 31.1 Å². The predicted molar refractivity (Wildman–Crippen MR) is 80.9 cm³/mol. The average molecular weight is 261 g/mol. The second-order valence-corrected chi connectivity index (χ2v) is 5.83. The van der Waals surface area contributed by atoms with Crippen molar-refractivity contribution in [2.75, 3.05) is 26.2 Å². The van der Waals surface area contributed by atoms with Crippen molar-refractivity contribution >= 4 is 0 Å². The standard InChI is InChI=1S/C17H27NO/c1-15(2)16-8-7-9-17(14-16)19-13-12-18-10-5-3-4-6-11-18/h7-9,14-15H,3-6,10-13H2,1-2H3. The van der Waals surface area contributed by atoms with Crippen molar-refractivity contribution in [2.45, 2.75) is 45.4 Å². The average Bonchev–Trinajstić information content (AvgIpc) is 2.68. The summed E-state index contributed by atoms with van der Waals surface area (Å²) in [5.74, 6) is 1.58. The lowest BCUT2D eigenvalue weighted by Crippen LogP contribution is -2.29. The maximum Gasteiger partial charge on any atom is 0.119 e. The highest BCUT2D eigenvalue weighted by atomic mass is 16.5. The fourth-order valence-corrected chi connectivity index (χ4v) is 2.62. The molecule has 1 saturated heterocycles. The maximum absolute atomic E-state index is 5.90. The van der Waals surface area contributed by atoms with E-state index in [-0.39, 0.29) is 0 Å². The highest BCUT2D eigenvalue weighted by Crippen LogP contribution is 2.20. The summed E-state index contributed by atoms with van der Waals surface area (Å²) in [5, 5.41) is 0. The van der Waals surface area contributed by atoms with Crippen molar-refractivity contribution in [1.29, 1.82) is 0 Å². The number of nitrogens with zero attached hydrogens (tertiary/aromatic N) is 1. The maximum atomic E-state index is 5.90. The van der Waals surface area contributed by atoms with Gasteiger partial charge in [-0.05, 0) is 49.5 Å². The molecule has 0 radical (unpaired) electrons. The molecule has 0 aromatic heterocycles. The van der Waals surface area contributed by atoms with E-state index in [1.54, 1.807) is 0 Å². The molecule has 0 bridgehead atoms. The topological polar surface area (TPSA) is 12.5 Å². The zero-order chi connectivity index (χ0) is 13.5. The molecule has 106 valence electrons. The Balaban J connectivity index is 1.77. The first kappa shape index (κ1) is 14.4. The van der Waals surface area contributed by atoms with Crippen LogP contribution in [0.1, 0.15) is 51.0 Å². The van der Waals surface area contributed by atoms with E-state index in [1.165, 1.54) is 44.3 Å². The molecule has 2 rings (SSSR count). The molecule has 1 aromatic rings. The Hall–Kier alpha value is -1.02. The van der Waals surface area contributed by atoms with E-state index >= 15 is 0 Å². The number of hydrogen-bond donors (Lipinski definition) is 0. The minimum Gasteiger partial charge on any atom is -0.492 e. The highest BCUT2D eigenvalue weighted by Gasteiger charge is 2.08. The van der Waals surface area contributed by atoms with Crippen molar-refractivity contribution in [3.05, 3.63) is 29.8 Å². The quantitative estimate of drug-likeness (QED) is 0.792. The molecule has 19 heavy (non-hydrogen) atoms. The van der Waals surface area contributed by atoms with Crippen LogP contribution < -0.4 is 4.74 Å². The molecule has 0 unspecified atom stereocenters. The molecule has 1 aliphatic heterocycles. The van der Waals surface area contributed by atoms with Gasteiger partial charge in [-0.1, -0.05) is 38.8 Å². The first-order chi connectivity index (χ1) is 9.25. The van der Waals surface area contributed by atoms with E-state index in [4.69, 9.17) is 4.74 Å². The monoisotopic (exact) mass is 261 g/mol. The second-order valence-electron chi connectivity index (χ2n) is 5.83. The van der Waals surface area contributed by atoms with Gasteiger partial charge in [0.05, 0.1) is 0 Å². The molecule has 1 heterocycles. The first-order valence-corrected chi connectivity index (χ1v) is 7.71. The summed E-state index contributed by atoms with van der Waals surface area (Å²) in [5.41, 5.74) is 1.35. The summed E-state index contributed by atoms with van der Waals surface area (Å²) in [4.78, 5) is 2.54. The Morgan fingerprint density at radius 1 is 1.11 bits per heavy atom. The van der Waals surface area contributed by atoms with E-state index in [9.17, 15) is 0 Å². The summed E-state index contributed by atoms with van der Waals surface area (Å²) >= 11 is 0. The zero-order valence-corrected chi connectivity index (χ0v) is 12.4. The number of hydrogen-bond acceptors (Lipinski definition) is 2. The lowest BCUT2D eigenvalue weighted by molar-refractivity contribution is 0.214. The van der Waals surface area contributed by atoms with Crippen molar-refractivity contribution in [3.63, 3.8) is 0 Å². The Labute approximate surface area is 117 Å². The summed E-state index contributed by atoms with van der Waals surface area (Å²) in [7, 11) is 0. The molecule has 0 aliphatic carbocycles. The van der Waals surface area contributed by atoms with Crippen molar-refractivity contribution in [1.82, 2.24) is 4.90 Å². The van der Waals surface area contributed by atoms with Gasteiger partial charge >= 0.3 is 0 Å². The molecule has 1 aliphatic rings. The Kier molecular flexibility index (Phi) is 5.71. The van der Waals surface area contributed by atoms with Crippen LogP contribution in [0, 0.1) is 0 Å². The van der Waals surface area contributed by atoms with Crippen LogP contribution in [0.25, 0.3) is 0 Å². The van der Waals surface area contributed by atoms with E-state index in [0.717, 1.165) is 18.9 Å². The van der Waals surface area contributed by atoms with Gasteiger partial charge < -0.3 is 4.74 Å². The van der Waals surface area contributed by atoms with Crippen LogP contribution in [0.4, 0.5) is 0 Å². The second kappa shape index (κ2) is 7.54. The summed E-state index contributed by atoms with van der Waals surface area (Å²) in [6.45, 7) is 8.80. The molecular formula is C17H27NO. The Morgan fingerprint density at radius 3 is 2.53 bits per heavy atom. The SMILES string of the molecule is CC(C)c1cccc(OCCN2CCCCCC2)c1. The van der Waals surface area contributed by atoms with Gasteiger partial charge in [-0.3, -0.25) is 4.90 Å². The normalized spacial score (nSPS) is 17.4. The fourth-order valence-electron chi connectivity index (χ4n) is 2.62. The van der Waals surface area contributed by atoms with Crippen molar-refractivity contribution < 1.29 is 4.74 Å². The van der Waals surface area contributed by atoms with Crippen LogP contribution in [-0.2, 0) is 0 Å². The van der Waals surface area contributed by atoms with Crippen molar-refractivity contribution in [3.8, 4) is 5.75 Å². The van der Waals surface area contributed by atoms with Gasteiger partial charge in [0.25, 0.3) is 0 Å². The van der Waals surface area contributed by atoms with E-state index in [2.05, 4.69) is 43.0 Å². The van der Waals surface area contributed by atoms with E-state index < -0.39 is 0 Å². The summed E-state index contributed by atoms with van der Waals surface area (Å²) in [6, 6.07) is 8.50. The molecule has 0 N–H and O–H groups in total. The van der Waals surface area contributed by atoms with Crippen LogP contribution in [0.5, 0.6) is 5.75 Å². The Morgan fingerprint density at radius 2 is 1.84 bits per heavy atom. The number of ether oxygens (including phenoxy) is 1. The number of benzene rings is 1. The molecule has 1 fully saturated rings. The van der Waals surface area contributed by atoms with Crippen molar-refractivity contribution in [2.24, 2.45) is 0 Å². The third-order valence-corrected chi connectivity index (χ3v) is 3.90. The molecule has 0 spiro atoms. The molecule has 0 saturated carbocycles. The van der Waals surface area contributed by atoms with Crippen LogP contribution >= 0.6 is 0 Å². The fraction of sp³-hybridized carbons (Fsp3) is 0.647. The van der Waals surface area contributed by atoms with Gasteiger partial charge in [0.1, 0.15) is 12.4 Å². The molecular weight excluding hydrogens is 234 g/mol. The number of likely N-dealkylation sites (tertiary alicyclic amines) is 1. The molecule has 2 heteroatoms. The van der Waals surface area contributed by atoms with E-state index in [0.29, 0.717) is 5.92 Å². The van der Waals surface area contributed by atoms with Gasteiger partial charge in [0.2, 0.25) is 0 Å². The summed E-state index contributed by atoms with van der Waals surface area (Å²) in [6.07, 6.45) is 5.49. The van der Waals surface area contributed by atoms with Gasteiger partial charge in [0.15, 0.2) is 0 Å². The smallest absolute Gasteiger partial charge is 0.119 e. The molecule has 0 atom stereocenters. The lowest BCUT2D eigenvalue weighted by atomic mass is 10.0. The molecule has 2 nitrogen and oxygen atoms in total. The highest BCUT2D eigenvalue weighted by molar-refractivity contribution is 5.30. The van der Waals surface area contributed by atoms with Gasteiger partial charge in [0, 0.05) is 6.54 Å². The number of rotatable bonds is 5. The largest absolute Gasteiger partial charge is 0.492 e. The summed E-state index contributed by atoms with van der Waals surface area (Å²) < 4.78 is 5.90. The van der Waals surface area contributed by atoms with Gasteiger partial charge in [-0.2, -0.15) is 0 Å². The van der Waals surface area contributed by atoms with Gasteiger partial charge in [-0.25, -0.2) is 0 Å². The van der Waals surface area contributed by atoms with Crippen LogP contribution in [0.3, 0.4) is 0 Å².